The van der Waals surface area contributed by atoms with Crippen LogP contribution in [-0.2, 0) is 4.79 Å². The number of nitrogens with zero attached hydrogens (tertiary/aromatic N) is 6. The van der Waals surface area contributed by atoms with Crippen LogP contribution in [0.2, 0.25) is 0 Å². The Hall–Kier alpha value is -3.00. The number of hydrogen-bond donors (Lipinski definition) is 1. The molecule has 25 heavy (non-hydrogen) atoms. The van der Waals surface area contributed by atoms with Gasteiger partial charge in [0.25, 0.3) is 0 Å². The third-order valence-corrected chi connectivity index (χ3v) is 4.56. The van der Waals surface area contributed by atoms with Crippen molar-refractivity contribution in [3.8, 4) is 0 Å². The van der Waals surface area contributed by atoms with Gasteiger partial charge in [0.2, 0.25) is 11.6 Å². The first kappa shape index (κ1) is 15.5. The molecule has 8 heteroatoms. The van der Waals surface area contributed by atoms with Crippen LogP contribution in [0.15, 0.2) is 49.1 Å². The molecule has 0 saturated carbocycles. The fourth-order valence-corrected chi connectivity index (χ4v) is 3.35. The van der Waals surface area contributed by atoms with E-state index < -0.39 is 6.04 Å². The molecular weight excluding hydrogens is 318 g/mol. The fourth-order valence-electron chi connectivity index (χ4n) is 3.35. The van der Waals surface area contributed by atoms with Crippen molar-refractivity contribution < 1.29 is 4.79 Å². The molecule has 1 aliphatic rings. The maximum atomic E-state index is 12.0. The zero-order valence-electron chi connectivity index (χ0n) is 13.7. The second kappa shape index (κ2) is 6.48. The third-order valence-electron chi connectivity index (χ3n) is 4.56. The molecule has 2 aromatic heterocycles. The van der Waals surface area contributed by atoms with Crippen molar-refractivity contribution in [1.82, 2.24) is 24.5 Å². The van der Waals surface area contributed by atoms with Crippen molar-refractivity contribution in [2.45, 2.75) is 6.04 Å². The highest BCUT2D eigenvalue weighted by Gasteiger charge is 2.29. The third kappa shape index (κ3) is 2.91. The van der Waals surface area contributed by atoms with Crippen molar-refractivity contribution >= 4 is 17.4 Å². The topological polar surface area (TPSA) is 92.7 Å². The quantitative estimate of drug-likeness (QED) is 0.744. The summed E-state index contributed by atoms with van der Waals surface area (Å²) in [6.07, 6.45) is 5.23. The van der Waals surface area contributed by atoms with E-state index >= 15 is 0 Å². The maximum Gasteiger partial charge on any atom is 0.239 e. The molecule has 1 aliphatic heterocycles. The van der Waals surface area contributed by atoms with Crippen LogP contribution in [-0.4, -0.2) is 56.6 Å². The number of carbonyl (C=O) groups is 1. The highest BCUT2D eigenvalue weighted by atomic mass is 16.1. The van der Waals surface area contributed by atoms with Gasteiger partial charge in [0.1, 0.15) is 12.4 Å². The van der Waals surface area contributed by atoms with Gasteiger partial charge in [0.15, 0.2) is 5.82 Å². The highest BCUT2D eigenvalue weighted by molar-refractivity contribution is 5.81. The molecule has 0 radical (unpaired) electrons. The second-order valence-electron chi connectivity index (χ2n) is 6.05. The number of carbonyl (C=O) groups excluding carboxylic acids is 1. The van der Waals surface area contributed by atoms with Crippen LogP contribution in [0.4, 0.5) is 5.82 Å². The standard InChI is InChI=1S/C17H19N7O/c18-15(25)14(13-4-2-1-3-5-13)22-8-10-23(11-9-22)16-17-21-20-12-24(17)7-6-19-16/h1-7,12,14H,8-11H2,(H2,18,25)/t14-/m1/s1. The SMILES string of the molecule is NC(=O)[C@@H](c1ccccc1)N1CCN(c2nccn3cnnc23)CC1. The van der Waals surface area contributed by atoms with Crippen molar-refractivity contribution in [3.63, 3.8) is 0 Å². The maximum absolute atomic E-state index is 12.0. The summed E-state index contributed by atoms with van der Waals surface area (Å²) in [5.41, 5.74) is 7.35. The van der Waals surface area contributed by atoms with Gasteiger partial charge in [-0.05, 0) is 5.56 Å². The van der Waals surface area contributed by atoms with Crippen molar-refractivity contribution in [3.05, 3.63) is 54.6 Å². The van der Waals surface area contributed by atoms with E-state index in [1.165, 1.54) is 0 Å². The van der Waals surface area contributed by atoms with Crippen LogP contribution in [0, 0.1) is 0 Å². The molecule has 1 atom stereocenters. The predicted molar refractivity (Wildman–Crippen MR) is 92.9 cm³/mol. The minimum Gasteiger partial charge on any atom is -0.368 e. The van der Waals surface area contributed by atoms with E-state index in [1.54, 1.807) is 12.5 Å². The molecule has 128 valence electrons. The van der Waals surface area contributed by atoms with Crippen LogP contribution in [0.1, 0.15) is 11.6 Å². The van der Waals surface area contributed by atoms with Gasteiger partial charge >= 0.3 is 0 Å². The van der Waals surface area contributed by atoms with E-state index in [4.69, 9.17) is 5.73 Å². The summed E-state index contributed by atoms with van der Waals surface area (Å²) in [5.74, 6) is 0.493. The van der Waals surface area contributed by atoms with Crippen LogP contribution in [0.25, 0.3) is 5.65 Å². The number of benzene rings is 1. The normalized spacial score (nSPS) is 16.9. The smallest absolute Gasteiger partial charge is 0.239 e. The number of piperazine rings is 1. The first-order valence-electron chi connectivity index (χ1n) is 8.21. The summed E-state index contributed by atoms with van der Waals surface area (Å²) in [4.78, 5) is 20.8. The molecule has 1 saturated heterocycles. The van der Waals surface area contributed by atoms with Crippen LogP contribution in [0.3, 0.4) is 0 Å². The Morgan fingerprint density at radius 2 is 1.88 bits per heavy atom. The molecule has 1 amide bonds. The van der Waals surface area contributed by atoms with Gasteiger partial charge in [-0.2, -0.15) is 0 Å². The van der Waals surface area contributed by atoms with E-state index in [-0.39, 0.29) is 5.91 Å². The summed E-state index contributed by atoms with van der Waals surface area (Å²) in [6.45, 7) is 2.94. The highest BCUT2D eigenvalue weighted by Crippen LogP contribution is 2.24. The van der Waals surface area contributed by atoms with Crippen LogP contribution < -0.4 is 10.6 Å². The Labute approximate surface area is 144 Å². The van der Waals surface area contributed by atoms with Gasteiger partial charge in [0, 0.05) is 38.6 Å². The molecule has 0 bridgehead atoms. The molecule has 3 aromatic rings. The van der Waals surface area contributed by atoms with Gasteiger partial charge < -0.3 is 10.6 Å². The van der Waals surface area contributed by atoms with Gasteiger partial charge in [0.05, 0.1) is 0 Å². The second-order valence-corrected chi connectivity index (χ2v) is 6.05. The molecule has 0 spiro atoms. The van der Waals surface area contributed by atoms with Crippen molar-refractivity contribution in [1.29, 1.82) is 0 Å². The van der Waals surface area contributed by atoms with E-state index in [9.17, 15) is 4.79 Å². The summed E-state index contributed by atoms with van der Waals surface area (Å²) in [5, 5.41) is 8.08. The van der Waals surface area contributed by atoms with Crippen molar-refractivity contribution in [2.24, 2.45) is 5.73 Å². The van der Waals surface area contributed by atoms with E-state index in [0.29, 0.717) is 0 Å². The summed E-state index contributed by atoms with van der Waals surface area (Å²) in [6, 6.07) is 9.28. The lowest BCUT2D eigenvalue weighted by Gasteiger charge is -2.38. The van der Waals surface area contributed by atoms with Gasteiger partial charge in [-0.25, -0.2) is 4.98 Å². The molecule has 0 aliphatic carbocycles. The van der Waals surface area contributed by atoms with E-state index in [1.807, 2.05) is 40.9 Å². The molecule has 0 unspecified atom stereocenters. The molecule has 8 nitrogen and oxygen atoms in total. The number of amides is 1. The molecule has 4 rings (SSSR count). The Kier molecular flexibility index (Phi) is 4.02. The number of hydrogen-bond acceptors (Lipinski definition) is 6. The number of nitrogens with two attached hydrogens (primary N) is 1. The largest absolute Gasteiger partial charge is 0.368 e. The number of primary amides is 1. The average molecular weight is 337 g/mol. The summed E-state index contributed by atoms with van der Waals surface area (Å²) in [7, 11) is 0. The Balaban J connectivity index is 1.53. The number of aromatic nitrogens is 4. The monoisotopic (exact) mass is 337 g/mol. The zero-order chi connectivity index (χ0) is 17.2. The number of rotatable bonds is 4. The lowest BCUT2D eigenvalue weighted by Crippen LogP contribution is -2.50. The predicted octanol–water partition coefficient (Wildman–Crippen LogP) is 0.473. The first-order chi connectivity index (χ1) is 12.2. The Morgan fingerprint density at radius 1 is 1.12 bits per heavy atom. The summed E-state index contributed by atoms with van der Waals surface area (Å²) >= 11 is 0. The minimum atomic E-state index is -0.403. The molecular formula is C17H19N7O. The molecule has 1 aromatic carbocycles. The first-order valence-corrected chi connectivity index (χ1v) is 8.21. The zero-order valence-corrected chi connectivity index (χ0v) is 13.7. The number of anilines is 1. The number of fused-ring (bicyclic) bond motifs is 1. The summed E-state index contributed by atoms with van der Waals surface area (Å²) < 4.78 is 1.85. The fraction of sp³-hybridized carbons (Fsp3) is 0.294. The molecule has 1 fully saturated rings. The van der Waals surface area contributed by atoms with E-state index in [2.05, 4.69) is 25.0 Å². The van der Waals surface area contributed by atoms with Crippen molar-refractivity contribution in [2.75, 3.05) is 31.1 Å². The Morgan fingerprint density at radius 3 is 2.60 bits per heavy atom. The van der Waals surface area contributed by atoms with Gasteiger partial charge in [-0.3, -0.25) is 14.1 Å². The van der Waals surface area contributed by atoms with E-state index in [0.717, 1.165) is 43.2 Å². The molecule has 2 N–H and O–H groups in total. The lowest BCUT2D eigenvalue weighted by molar-refractivity contribution is -0.123. The molecule has 3 heterocycles. The van der Waals surface area contributed by atoms with Gasteiger partial charge in [-0.15, -0.1) is 10.2 Å². The average Bonchev–Trinajstić information content (AvgIpc) is 3.12. The van der Waals surface area contributed by atoms with Gasteiger partial charge in [-0.1, -0.05) is 30.3 Å². The van der Waals surface area contributed by atoms with Crippen LogP contribution >= 0.6 is 0 Å². The Bertz CT molecular complexity index is 871. The van der Waals surface area contributed by atoms with Crippen LogP contribution in [0.5, 0.6) is 0 Å². The minimum absolute atomic E-state index is 0.322. The lowest BCUT2D eigenvalue weighted by atomic mass is 10.0.